The molecule has 1 saturated carbocycles. The predicted octanol–water partition coefficient (Wildman–Crippen LogP) is 5.00. The van der Waals surface area contributed by atoms with Crippen molar-refractivity contribution >= 4 is 11.3 Å². The first-order chi connectivity index (χ1) is 10.4. The molecule has 0 amide bonds. The molecule has 1 N–H and O–H groups in total. The van der Waals surface area contributed by atoms with Crippen molar-refractivity contribution in [1.29, 1.82) is 0 Å². The van der Waals surface area contributed by atoms with Crippen LogP contribution in [-0.4, -0.2) is 18.1 Å². The Morgan fingerprint density at radius 1 is 1.10 bits per heavy atom. The lowest BCUT2D eigenvalue weighted by atomic mass is 9.91. The van der Waals surface area contributed by atoms with Crippen molar-refractivity contribution in [3.05, 3.63) is 15.6 Å². The number of aromatic nitrogens is 1. The quantitative estimate of drug-likeness (QED) is 0.611. The van der Waals surface area contributed by atoms with Crippen LogP contribution in [0.5, 0.6) is 0 Å². The van der Waals surface area contributed by atoms with Gasteiger partial charge in [-0.25, -0.2) is 4.98 Å². The molecule has 1 aromatic rings. The summed E-state index contributed by atoms with van der Waals surface area (Å²) in [5.41, 5.74) is 1.47. The third kappa shape index (κ3) is 3.87. The number of hydrogen-bond donors (Lipinski definition) is 1. The lowest BCUT2D eigenvalue weighted by Crippen LogP contribution is -2.24. The van der Waals surface area contributed by atoms with Gasteiger partial charge in [-0.1, -0.05) is 32.6 Å². The fraction of sp³-hybridized carbons (Fsp3) is 0.833. The second-order valence-corrected chi connectivity index (χ2v) is 7.96. The zero-order valence-electron chi connectivity index (χ0n) is 13.5. The molecule has 0 aliphatic heterocycles. The summed E-state index contributed by atoms with van der Waals surface area (Å²) in [5, 5.41) is 5.09. The molecule has 0 aromatic carbocycles. The van der Waals surface area contributed by atoms with Gasteiger partial charge in [0.1, 0.15) is 0 Å². The van der Waals surface area contributed by atoms with Gasteiger partial charge in [0.15, 0.2) is 0 Å². The number of rotatable bonds is 5. The van der Waals surface area contributed by atoms with E-state index in [2.05, 4.69) is 23.6 Å². The Bertz CT molecular complexity index is 432. The lowest BCUT2D eigenvalue weighted by Gasteiger charge is -2.21. The second kappa shape index (κ2) is 7.73. The zero-order chi connectivity index (χ0) is 14.5. The first kappa shape index (κ1) is 15.5. The summed E-state index contributed by atoms with van der Waals surface area (Å²) in [7, 11) is 0. The van der Waals surface area contributed by atoms with Crippen LogP contribution in [-0.2, 0) is 6.42 Å². The minimum atomic E-state index is 0.677. The normalized spacial score (nSPS) is 23.8. The number of fused-ring (bicyclic) bond motifs is 1. The van der Waals surface area contributed by atoms with Gasteiger partial charge in [0.25, 0.3) is 0 Å². The Morgan fingerprint density at radius 2 is 1.90 bits per heavy atom. The van der Waals surface area contributed by atoms with Crippen LogP contribution in [0.1, 0.15) is 92.1 Å². The third-order valence-electron chi connectivity index (χ3n) is 5.11. The van der Waals surface area contributed by atoms with Crippen molar-refractivity contribution < 1.29 is 0 Å². The number of nitrogens with zero attached hydrogens (tertiary/aromatic N) is 1. The van der Waals surface area contributed by atoms with Gasteiger partial charge in [-0.3, -0.25) is 0 Å². The van der Waals surface area contributed by atoms with Gasteiger partial charge in [0.2, 0.25) is 0 Å². The van der Waals surface area contributed by atoms with Crippen molar-refractivity contribution in [3.63, 3.8) is 0 Å². The van der Waals surface area contributed by atoms with Gasteiger partial charge in [-0.2, -0.15) is 0 Å². The van der Waals surface area contributed by atoms with Crippen LogP contribution in [0.15, 0.2) is 0 Å². The summed E-state index contributed by atoms with van der Waals surface area (Å²) < 4.78 is 0. The fourth-order valence-corrected chi connectivity index (χ4v) is 5.24. The highest BCUT2D eigenvalue weighted by molar-refractivity contribution is 7.11. The molecule has 0 bridgehead atoms. The smallest absolute Gasteiger partial charge is 0.0962 e. The summed E-state index contributed by atoms with van der Waals surface area (Å²) in [5.74, 6) is 1.45. The van der Waals surface area contributed by atoms with Crippen molar-refractivity contribution in [2.75, 3.05) is 13.1 Å². The highest BCUT2D eigenvalue weighted by Gasteiger charge is 2.27. The van der Waals surface area contributed by atoms with E-state index in [-0.39, 0.29) is 0 Å². The largest absolute Gasteiger partial charge is 0.316 e. The average molecular weight is 307 g/mol. The van der Waals surface area contributed by atoms with Crippen LogP contribution < -0.4 is 5.32 Å². The summed E-state index contributed by atoms with van der Waals surface area (Å²) >= 11 is 2.06. The van der Waals surface area contributed by atoms with Crippen molar-refractivity contribution in [1.82, 2.24) is 10.3 Å². The van der Waals surface area contributed by atoms with E-state index < -0.39 is 0 Å². The van der Waals surface area contributed by atoms with Crippen LogP contribution in [0.4, 0.5) is 0 Å². The topological polar surface area (TPSA) is 24.9 Å². The maximum atomic E-state index is 5.15. The molecule has 0 radical (unpaired) electrons. The van der Waals surface area contributed by atoms with Gasteiger partial charge < -0.3 is 5.32 Å². The number of thiazole rings is 1. The first-order valence-electron chi connectivity index (χ1n) is 9.08. The fourth-order valence-electron chi connectivity index (χ4n) is 3.88. The Labute approximate surface area is 133 Å². The van der Waals surface area contributed by atoms with E-state index in [0.717, 1.165) is 19.0 Å². The van der Waals surface area contributed by atoms with Crippen molar-refractivity contribution in [2.45, 2.75) is 83.0 Å². The highest BCUT2D eigenvalue weighted by atomic mass is 32.1. The molecule has 21 heavy (non-hydrogen) atoms. The third-order valence-corrected chi connectivity index (χ3v) is 6.40. The minimum absolute atomic E-state index is 0.677. The molecule has 0 spiro atoms. The maximum absolute atomic E-state index is 5.15. The molecular weight excluding hydrogens is 276 g/mol. The van der Waals surface area contributed by atoms with Crippen LogP contribution >= 0.6 is 11.3 Å². The summed E-state index contributed by atoms with van der Waals surface area (Å²) in [6, 6.07) is 0. The first-order valence-corrected chi connectivity index (χ1v) is 9.90. The van der Waals surface area contributed by atoms with Gasteiger partial charge in [0.05, 0.1) is 10.7 Å². The van der Waals surface area contributed by atoms with Gasteiger partial charge in [0, 0.05) is 23.3 Å². The SMILES string of the molecule is CCCNCC1CCCc2sc(C3CCCCCC3)nc21. The second-order valence-electron chi connectivity index (χ2n) is 6.84. The lowest BCUT2D eigenvalue weighted by molar-refractivity contribution is 0.498. The van der Waals surface area contributed by atoms with E-state index in [4.69, 9.17) is 4.98 Å². The number of aryl methyl sites for hydroxylation is 1. The molecule has 118 valence electrons. The van der Waals surface area contributed by atoms with E-state index in [1.165, 1.54) is 74.9 Å². The van der Waals surface area contributed by atoms with Gasteiger partial charge >= 0.3 is 0 Å². The van der Waals surface area contributed by atoms with Crippen LogP contribution in [0.2, 0.25) is 0 Å². The Balaban J connectivity index is 1.70. The summed E-state index contributed by atoms with van der Waals surface area (Å²) in [6.07, 6.45) is 13.7. The van der Waals surface area contributed by atoms with Crippen LogP contribution in [0, 0.1) is 0 Å². The molecule has 1 fully saturated rings. The van der Waals surface area contributed by atoms with E-state index >= 15 is 0 Å². The number of hydrogen-bond acceptors (Lipinski definition) is 3. The van der Waals surface area contributed by atoms with Crippen LogP contribution in [0.25, 0.3) is 0 Å². The molecular formula is C18H30N2S. The van der Waals surface area contributed by atoms with E-state index in [1.807, 2.05) is 0 Å². The van der Waals surface area contributed by atoms with Crippen molar-refractivity contribution in [3.8, 4) is 0 Å². The monoisotopic (exact) mass is 306 g/mol. The van der Waals surface area contributed by atoms with Gasteiger partial charge in [-0.05, 0) is 45.1 Å². The van der Waals surface area contributed by atoms with E-state index in [9.17, 15) is 0 Å². The highest BCUT2D eigenvalue weighted by Crippen LogP contribution is 2.40. The van der Waals surface area contributed by atoms with Crippen LogP contribution in [0.3, 0.4) is 0 Å². The standard InChI is InChI=1S/C18H30N2S/c1-2-12-19-13-15-10-7-11-16-17(15)20-18(21-16)14-8-5-3-4-6-9-14/h14-15,19H,2-13H2,1H3. The van der Waals surface area contributed by atoms with Gasteiger partial charge in [-0.15, -0.1) is 11.3 Å². The molecule has 1 unspecified atom stereocenters. The maximum Gasteiger partial charge on any atom is 0.0962 e. The molecule has 2 nitrogen and oxygen atoms in total. The molecule has 1 heterocycles. The Hall–Kier alpha value is -0.410. The molecule has 0 saturated heterocycles. The van der Waals surface area contributed by atoms with E-state index in [1.54, 1.807) is 4.88 Å². The Morgan fingerprint density at radius 3 is 2.67 bits per heavy atom. The summed E-state index contributed by atoms with van der Waals surface area (Å²) in [6.45, 7) is 4.52. The molecule has 2 aliphatic rings. The molecule has 1 aromatic heterocycles. The molecule has 1 atom stereocenters. The molecule has 3 heteroatoms. The minimum Gasteiger partial charge on any atom is -0.316 e. The predicted molar refractivity (Wildman–Crippen MR) is 91.4 cm³/mol. The number of nitrogens with one attached hydrogen (secondary N) is 1. The Kier molecular flexibility index (Phi) is 5.70. The summed E-state index contributed by atoms with van der Waals surface area (Å²) in [4.78, 5) is 6.77. The molecule has 3 rings (SSSR count). The average Bonchev–Trinajstić information content (AvgIpc) is 2.76. The zero-order valence-corrected chi connectivity index (χ0v) is 14.3. The van der Waals surface area contributed by atoms with Crippen molar-refractivity contribution in [2.24, 2.45) is 0 Å². The van der Waals surface area contributed by atoms with E-state index in [0.29, 0.717) is 5.92 Å². The molecule has 2 aliphatic carbocycles.